The highest BCUT2D eigenvalue weighted by atomic mass is 19.2. The summed E-state index contributed by atoms with van der Waals surface area (Å²) < 4.78 is 67.7. The maximum absolute atomic E-state index is 14.3. The van der Waals surface area contributed by atoms with Crippen LogP contribution in [0.2, 0.25) is 0 Å². The summed E-state index contributed by atoms with van der Waals surface area (Å²) in [5.74, 6) is 4.73. The predicted molar refractivity (Wildman–Crippen MR) is 105 cm³/mol. The van der Waals surface area contributed by atoms with Crippen molar-refractivity contribution < 1.29 is 22.0 Å². The van der Waals surface area contributed by atoms with Crippen LogP contribution >= 0.6 is 0 Å². The Morgan fingerprint density at radius 1 is 0.600 bits per heavy atom. The molecule has 150 valence electrons. The van der Waals surface area contributed by atoms with E-state index in [0.29, 0.717) is 5.56 Å². The van der Waals surface area contributed by atoms with Crippen molar-refractivity contribution in [1.82, 2.24) is 0 Å². The van der Waals surface area contributed by atoms with Crippen molar-refractivity contribution in [3.8, 4) is 23.7 Å². The summed E-state index contributed by atoms with van der Waals surface area (Å²) in [7, 11) is 0. The van der Waals surface area contributed by atoms with Crippen molar-refractivity contribution >= 4 is 0 Å². The molecule has 0 aliphatic heterocycles. The van der Waals surface area contributed by atoms with Gasteiger partial charge in [-0.15, -0.1) is 0 Å². The van der Waals surface area contributed by atoms with E-state index in [-0.39, 0.29) is 16.7 Å². The summed E-state index contributed by atoms with van der Waals surface area (Å²) in [6.45, 7) is 2.00. The van der Waals surface area contributed by atoms with Gasteiger partial charge < -0.3 is 0 Å². The molecule has 0 amide bonds. The highest BCUT2D eigenvalue weighted by Crippen LogP contribution is 2.15. The van der Waals surface area contributed by atoms with E-state index in [4.69, 9.17) is 0 Å². The molecule has 0 spiro atoms. The minimum Gasteiger partial charge on any atom is -0.206 e. The summed E-state index contributed by atoms with van der Waals surface area (Å²) in [4.78, 5) is 0. The molecule has 5 heteroatoms. The number of benzene rings is 3. The van der Waals surface area contributed by atoms with Gasteiger partial charge in [0.2, 0.25) is 0 Å². The van der Waals surface area contributed by atoms with Crippen LogP contribution < -0.4 is 0 Å². The van der Waals surface area contributed by atoms with Crippen LogP contribution in [0.5, 0.6) is 0 Å². The molecule has 0 saturated heterocycles. The van der Waals surface area contributed by atoms with E-state index in [9.17, 15) is 22.0 Å². The highest BCUT2D eigenvalue weighted by Gasteiger charge is 2.09. The fourth-order valence-corrected chi connectivity index (χ4v) is 2.71. The van der Waals surface area contributed by atoms with Crippen LogP contribution in [0.1, 0.15) is 41.2 Å². The lowest BCUT2D eigenvalue weighted by atomic mass is 10.1. The molecule has 0 aliphatic carbocycles. The van der Waals surface area contributed by atoms with Crippen LogP contribution in [-0.4, -0.2) is 0 Å². The molecule has 3 aromatic carbocycles. The second-order valence-corrected chi connectivity index (χ2v) is 6.51. The molecule has 3 rings (SSSR count). The van der Waals surface area contributed by atoms with E-state index in [2.05, 4.69) is 23.7 Å². The molecule has 0 N–H and O–H groups in total. The first-order valence-electron chi connectivity index (χ1n) is 9.14. The standard InChI is InChI=1S/C25H15F5/c1-2-3-16-4-8-19(21(26)12-16)9-5-17-6-10-20(22(27)13-17)11-7-18-14-23(28)25(30)24(29)15-18/h4,6,8,10,12-15H,2-3H2,1H3. The first kappa shape index (κ1) is 21.1. The highest BCUT2D eigenvalue weighted by molar-refractivity contribution is 5.49. The van der Waals surface area contributed by atoms with Crippen LogP contribution in [0.15, 0.2) is 48.5 Å². The van der Waals surface area contributed by atoms with Crippen LogP contribution in [0.4, 0.5) is 22.0 Å². The predicted octanol–water partition coefficient (Wildman–Crippen LogP) is 6.13. The van der Waals surface area contributed by atoms with Gasteiger partial charge in [-0.25, -0.2) is 22.0 Å². The van der Waals surface area contributed by atoms with Gasteiger partial charge in [-0.3, -0.25) is 0 Å². The van der Waals surface area contributed by atoms with Crippen LogP contribution in [-0.2, 0) is 6.42 Å². The van der Waals surface area contributed by atoms with Crippen molar-refractivity contribution in [2.24, 2.45) is 0 Å². The third kappa shape index (κ3) is 5.07. The fourth-order valence-electron chi connectivity index (χ4n) is 2.71. The maximum atomic E-state index is 14.3. The summed E-state index contributed by atoms with van der Waals surface area (Å²) in [5, 5.41) is 0. The van der Waals surface area contributed by atoms with Crippen LogP contribution in [0, 0.1) is 52.8 Å². The molecule has 0 nitrogen and oxygen atoms in total. The topological polar surface area (TPSA) is 0 Å². The van der Waals surface area contributed by atoms with E-state index < -0.39 is 29.1 Å². The van der Waals surface area contributed by atoms with E-state index in [0.717, 1.165) is 36.6 Å². The number of aryl methyl sites for hydroxylation is 1. The summed E-state index contributed by atoms with van der Waals surface area (Å²) in [6, 6.07) is 10.3. The zero-order valence-electron chi connectivity index (χ0n) is 15.9. The zero-order chi connectivity index (χ0) is 21.7. The second-order valence-electron chi connectivity index (χ2n) is 6.51. The molecule has 0 heterocycles. The SMILES string of the molecule is CCCc1ccc(C#Cc2ccc(C#Cc3cc(F)c(F)c(F)c3)c(F)c2)c(F)c1. The van der Waals surface area contributed by atoms with Gasteiger partial charge in [-0.2, -0.15) is 0 Å². The summed E-state index contributed by atoms with van der Waals surface area (Å²) >= 11 is 0. The molecule has 3 aromatic rings. The monoisotopic (exact) mass is 410 g/mol. The molecule has 30 heavy (non-hydrogen) atoms. The van der Waals surface area contributed by atoms with Gasteiger partial charge in [-0.1, -0.05) is 43.1 Å². The Morgan fingerprint density at radius 3 is 1.70 bits per heavy atom. The molecule has 0 aliphatic rings. The largest absolute Gasteiger partial charge is 0.206 e. The van der Waals surface area contributed by atoms with Crippen molar-refractivity contribution in [2.75, 3.05) is 0 Å². The zero-order valence-corrected chi connectivity index (χ0v) is 15.9. The van der Waals surface area contributed by atoms with Gasteiger partial charge in [0, 0.05) is 11.1 Å². The van der Waals surface area contributed by atoms with Crippen LogP contribution in [0.3, 0.4) is 0 Å². The molecule has 0 atom stereocenters. The van der Waals surface area contributed by atoms with Gasteiger partial charge in [0.15, 0.2) is 17.5 Å². The Morgan fingerprint density at radius 2 is 1.13 bits per heavy atom. The molecule has 0 saturated carbocycles. The Kier molecular flexibility index (Phi) is 6.54. The molecule has 0 fully saturated rings. The molecule has 0 unspecified atom stereocenters. The van der Waals surface area contributed by atoms with Crippen molar-refractivity contribution in [1.29, 1.82) is 0 Å². The smallest absolute Gasteiger partial charge is 0.194 e. The van der Waals surface area contributed by atoms with Gasteiger partial charge in [0.05, 0.1) is 11.1 Å². The molecule has 0 radical (unpaired) electrons. The molecule has 0 aromatic heterocycles. The second kappa shape index (κ2) is 9.29. The van der Waals surface area contributed by atoms with Crippen LogP contribution in [0.25, 0.3) is 0 Å². The lowest BCUT2D eigenvalue weighted by Crippen LogP contribution is -1.92. The third-order valence-corrected chi connectivity index (χ3v) is 4.21. The van der Waals surface area contributed by atoms with Gasteiger partial charge >= 0.3 is 0 Å². The quantitative estimate of drug-likeness (QED) is 0.271. The van der Waals surface area contributed by atoms with E-state index in [1.807, 2.05) is 6.92 Å². The molecule has 0 bridgehead atoms. The van der Waals surface area contributed by atoms with Crippen molar-refractivity contribution in [3.63, 3.8) is 0 Å². The van der Waals surface area contributed by atoms with E-state index in [1.165, 1.54) is 18.2 Å². The Hall–Kier alpha value is -3.57. The average Bonchev–Trinajstić information content (AvgIpc) is 2.71. The van der Waals surface area contributed by atoms with Gasteiger partial charge in [0.25, 0.3) is 0 Å². The summed E-state index contributed by atoms with van der Waals surface area (Å²) in [5.41, 5.74) is 1.25. The van der Waals surface area contributed by atoms with E-state index >= 15 is 0 Å². The number of rotatable bonds is 2. The van der Waals surface area contributed by atoms with E-state index in [1.54, 1.807) is 12.1 Å². The van der Waals surface area contributed by atoms with Crippen molar-refractivity contribution in [3.05, 3.63) is 105 Å². The minimum atomic E-state index is -1.59. The Balaban J connectivity index is 1.82. The lowest BCUT2D eigenvalue weighted by Gasteiger charge is -2.00. The molecular formula is C25H15F5. The Labute approximate surface area is 171 Å². The first-order chi connectivity index (χ1) is 14.4. The maximum Gasteiger partial charge on any atom is 0.194 e. The number of hydrogen-bond acceptors (Lipinski definition) is 0. The first-order valence-corrected chi connectivity index (χ1v) is 9.14. The average molecular weight is 410 g/mol. The Bertz CT molecular complexity index is 1200. The van der Waals surface area contributed by atoms with Crippen molar-refractivity contribution in [2.45, 2.75) is 19.8 Å². The number of halogens is 5. The minimum absolute atomic E-state index is 0.0270. The lowest BCUT2D eigenvalue weighted by molar-refractivity contribution is 0.446. The van der Waals surface area contributed by atoms with Gasteiger partial charge in [0.1, 0.15) is 11.6 Å². The third-order valence-electron chi connectivity index (χ3n) is 4.21. The fraction of sp³-hybridized carbons (Fsp3) is 0.120. The normalized spacial score (nSPS) is 10.1. The summed E-state index contributed by atoms with van der Waals surface area (Å²) in [6.07, 6.45) is 1.68. The number of hydrogen-bond donors (Lipinski definition) is 0. The van der Waals surface area contributed by atoms with Gasteiger partial charge in [-0.05, 0) is 54.4 Å². The molecular weight excluding hydrogens is 395 g/mol.